The van der Waals surface area contributed by atoms with Gasteiger partial charge in [-0.1, -0.05) is 42.3 Å². The zero-order chi connectivity index (χ0) is 15.7. The van der Waals surface area contributed by atoms with E-state index >= 15 is 0 Å². The van der Waals surface area contributed by atoms with Crippen molar-refractivity contribution >= 4 is 40.4 Å². The summed E-state index contributed by atoms with van der Waals surface area (Å²) in [6.07, 6.45) is 2.46. The highest BCUT2D eigenvalue weighted by Crippen LogP contribution is 2.30. The molecule has 112 valence electrons. The number of para-hydroxylation sites is 1. The lowest BCUT2D eigenvalue weighted by Gasteiger charge is -2.09. The topological polar surface area (TPSA) is 46.4 Å². The van der Waals surface area contributed by atoms with Gasteiger partial charge in [0.1, 0.15) is 11.3 Å². The van der Waals surface area contributed by atoms with Crippen LogP contribution in [0.1, 0.15) is 23.1 Å². The van der Waals surface area contributed by atoms with E-state index < -0.39 is 0 Å². The fourth-order valence-electron chi connectivity index (χ4n) is 2.32. The maximum Gasteiger partial charge on any atom is 0.274 e. The molecule has 1 N–H and O–H groups in total. The van der Waals surface area contributed by atoms with Crippen LogP contribution in [0.5, 0.6) is 0 Å². The molecule has 0 bridgehead atoms. The van der Waals surface area contributed by atoms with Crippen molar-refractivity contribution in [2.24, 2.45) is 0 Å². The number of carbonyl (C=O) groups is 1. The Labute approximate surface area is 137 Å². The molecule has 0 radical (unpaired) electrons. The van der Waals surface area contributed by atoms with Crippen LogP contribution in [0.25, 0.3) is 5.65 Å². The van der Waals surface area contributed by atoms with Gasteiger partial charge in [0.15, 0.2) is 0 Å². The Morgan fingerprint density at radius 2 is 1.91 bits per heavy atom. The van der Waals surface area contributed by atoms with Crippen molar-refractivity contribution in [2.75, 3.05) is 5.32 Å². The monoisotopic (exact) mass is 333 g/mol. The minimum absolute atomic E-state index is 0.287. The molecule has 0 atom stereocenters. The molecule has 6 heteroatoms. The maximum atomic E-state index is 12.7. The van der Waals surface area contributed by atoms with Crippen LogP contribution in [0, 0.1) is 0 Å². The van der Waals surface area contributed by atoms with E-state index in [0.717, 1.165) is 11.3 Å². The molecule has 0 aliphatic rings. The highest BCUT2D eigenvalue weighted by molar-refractivity contribution is 6.40. The zero-order valence-corrected chi connectivity index (χ0v) is 13.3. The smallest absolute Gasteiger partial charge is 0.274 e. The number of hydrogen-bond donors (Lipinski definition) is 1. The number of nitrogens with zero attached hydrogens (tertiary/aromatic N) is 2. The first-order chi connectivity index (χ1) is 10.6. The van der Waals surface area contributed by atoms with Crippen molar-refractivity contribution in [3.8, 4) is 0 Å². The fourth-order valence-corrected chi connectivity index (χ4v) is 2.81. The molecule has 0 saturated heterocycles. The van der Waals surface area contributed by atoms with Crippen LogP contribution in [0.15, 0.2) is 42.6 Å². The first kappa shape index (κ1) is 14.9. The second-order valence-corrected chi connectivity index (χ2v) is 5.55. The Balaban J connectivity index is 2.06. The van der Waals surface area contributed by atoms with E-state index in [-0.39, 0.29) is 5.91 Å². The van der Waals surface area contributed by atoms with Crippen LogP contribution in [0.2, 0.25) is 10.0 Å². The molecular formula is C16H13Cl2N3O. The number of benzene rings is 1. The van der Waals surface area contributed by atoms with Crippen LogP contribution < -0.4 is 5.32 Å². The number of amides is 1. The third kappa shape index (κ3) is 2.56. The number of fused-ring (bicyclic) bond motifs is 1. The Kier molecular flexibility index (Phi) is 4.05. The number of halogens is 2. The summed E-state index contributed by atoms with van der Waals surface area (Å²) in [5.74, 6) is -0.287. The van der Waals surface area contributed by atoms with E-state index in [1.165, 1.54) is 0 Å². The highest BCUT2D eigenvalue weighted by atomic mass is 35.5. The minimum Gasteiger partial charge on any atom is -0.318 e. The van der Waals surface area contributed by atoms with E-state index in [1.54, 1.807) is 22.6 Å². The minimum atomic E-state index is -0.287. The van der Waals surface area contributed by atoms with Gasteiger partial charge in [0.25, 0.3) is 5.91 Å². The average Bonchev–Trinajstić information content (AvgIpc) is 2.89. The van der Waals surface area contributed by atoms with Gasteiger partial charge in [-0.25, -0.2) is 4.98 Å². The van der Waals surface area contributed by atoms with E-state index in [0.29, 0.717) is 27.8 Å². The highest BCUT2D eigenvalue weighted by Gasteiger charge is 2.19. The van der Waals surface area contributed by atoms with Gasteiger partial charge in [0, 0.05) is 6.20 Å². The van der Waals surface area contributed by atoms with Crippen molar-refractivity contribution in [1.29, 1.82) is 0 Å². The van der Waals surface area contributed by atoms with Crippen LogP contribution in [-0.4, -0.2) is 15.3 Å². The number of imidazole rings is 1. The molecule has 2 aromatic heterocycles. The van der Waals surface area contributed by atoms with E-state index in [9.17, 15) is 4.79 Å². The Morgan fingerprint density at radius 3 is 2.59 bits per heavy atom. The molecule has 3 rings (SSSR count). The van der Waals surface area contributed by atoms with Gasteiger partial charge in [0.05, 0.1) is 21.4 Å². The molecule has 0 unspecified atom stereocenters. The summed E-state index contributed by atoms with van der Waals surface area (Å²) in [6.45, 7) is 1.96. The molecule has 1 amide bonds. The van der Waals surface area contributed by atoms with Crippen molar-refractivity contribution < 1.29 is 4.79 Å². The van der Waals surface area contributed by atoms with E-state index in [4.69, 9.17) is 23.2 Å². The first-order valence-corrected chi connectivity index (χ1v) is 7.58. The quantitative estimate of drug-likeness (QED) is 0.769. The van der Waals surface area contributed by atoms with Gasteiger partial charge in [-0.15, -0.1) is 0 Å². The Hall–Kier alpha value is -2.04. The number of aryl methyl sites for hydroxylation is 1. The summed E-state index contributed by atoms with van der Waals surface area (Å²) in [5, 5.41) is 3.58. The number of pyridine rings is 1. The summed E-state index contributed by atoms with van der Waals surface area (Å²) in [7, 11) is 0. The predicted molar refractivity (Wildman–Crippen MR) is 89.0 cm³/mol. The molecule has 1 aromatic carbocycles. The van der Waals surface area contributed by atoms with E-state index in [1.807, 2.05) is 31.3 Å². The van der Waals surface area contributed by atoms with Gasteiger partial charge in [0.2, 0.25) is 0 Å². The van der Waals surface area contributed by atoms with Gasteiger partial charge < -0.3 is 5.32 Å². The summed E-state index contributed by atoms with van der Waals surface area (Å²) in [4.78, 5) is 17.2. The zero-order valence-electron chi connectivity index (χ0n) is 11.8. The number of aromatic nitrogens is 2. The number of nitrogens with one attached hydrogen (secondary N) is 1. The van der Waals surface area contributed by atoms with Crippen LogP contribution in [0.4, 0.5) is 5.69 Å². The molecule has 0 fully saturated rings. The van der Waals surface area contributed by atoms with Gasteiger partial charge >= 0.3 is 0 Å². The van der Waals surface area contributed by atoms with E-state index in [2.05, 4.69) is 10.3 Å². The normalized spacial score (nSPS) is 10.9. The lowest BCUT2D eigenvalue weighted by atomic mass is 10.2. The van der Waals surface area contributed by atoms with Crippen molar-refractivity contribution in [3.05, 3.63) is 64.0 Å². The predicted octanol–water partition coefficient (Wildman–Crippen LogP) is 4.46. The molecule has 3 aromatic rings. The second kappa shape index (κ2) is 5.99. The SMILES string of the molecule is CCc1nc2ccccn2c1C(=O)Nc1c(Cl)cccc1Cl. The third-order valence-electron chi connectivity index (χ3n) is 3.35. The van der Waals surface area contributed by atoms with Crippen LogP contribution >= 0.6 is 23.2 Å². The lowest BCUT2D eigenvalue weighted by molar-refractivity contribution is 0.102. The number of carbonyl (C=O) groups excluding carboxylic acids is 1. The largest absolute Gasteiger partial charge is 0.318 e. The van der Waals surface area contributed by atoms with Crippen molar-refractivity contribution in [3.63, 3.8) is 0 Å². The van der Waals surface area contributed by atoms with Crippen molar-refractivity contribution in [2.45, 2.75) is 13.3 Å². The summed E-state index contributed by atoms with van der Waals surface area (Å²) in [6, 6.07) is 10.7. The standard InChI is InChI=1S/C16H13Cl2N3O/c1-2-12-15(21-9-4-3-8-13(21)19-12)16(22)20-14-10(17)6-5-7-11(14)18/h3-9H,2H2,1H3,(H,20,22). The van der Waals surface area contributed by atoms with Crippen LogP contribution in [-0.2, 0) is 6.42 Å². The summed E-state index contributed by atoms with van der Waals surface area (Å²) < 4.78 is 1.76. The van der Waals surface area contributed by atoms with Crippen LogP contribution in [0.3, 0.4) is 0 Å². The number of hydrogen-bond acceptors (Lipinski definition) is 2. The summed E-state index contributed by atoms with van der Waals surface area (Å²) >= 11 is 12.2. The molecule has 0 spiro atoms. The lowest BCUT2D eigenvalue weighted by Crippen LogP contribution is -2.16. The van der Waals surface area contributed by atoms with Gasteiger partial charge in [-0.2, -0.15) is 0 Å². The van der Waals surface area contributed by atoms with Gasteiger partial charge in [-0.05, 0) is 30.7 Å². The molecule has 0 aliphatic heterocycles. The Morgan fingerprint density at radius 1 is 1.18 bits per heavy atom. The molecule has 0 aliphatic carbocycles. The molecule has 22 heavy (non-hydrogen) atoms. The maximum absolute atomic E-state index is 12.7. The van der Waals surface area contributed by atoms with Crippen molar-refractivity contribution in [1.82, 2.24) is 9.38 Å². The molecular weight excluding hydrogens is 321 g/mol. The summed E-state index contributed by atoms with van der Waals surface area (Å²) in [5.41, 5.74) is 2.36. The second-order valence-electron chi connectivity index (χ2n) is 4.74. The van der Waals surface area contributed by atoms with Gasteiger partial charge in [-0.3, -0.25) is 9.20 Å². The fraction of sp³-hybridized carbons (Fsp3) is 0.125. The number of anilines is 1. The Bertz CT molecular complexity index is 837. The first-order valence-electron chi connectivity index (χ1n) is 6.83. The average molecular weight is 334 g/mol. The third-order valence-corrected chi connectivity index (χ3v) is 3.98. The molecule has 0 saturated carbocycles. The molecule has 2 heterocycles. The number of rotatable bonds is 3. The molecule has 4 nitrogen and oxygen atoms in total.